The Labute approximate surface area is 489 Å². The van der Waals surface area contributed by atoms with Gasteiger partial charge < -0.3 is 20.3 Å². The number of carbonyl (C=O) groups excluding carboxylic acids is 2. The maximum absolute atomic E-state index is 12.5. The second-order valence-corrected chi connectivity index (χ2v) is 24.9. The molecular formula is C72H141NO5. The van der Waals surface area contributed by atoms with E-state index in [0.717, 1.165) is 38.5 Å². The summed E-state index contributed by atoms with van der Waals surface area (Å²) in [5.41, 5.74) is 0. The van der Waals surface area contributed by atoms with E-state index in [1.165, 1.54) is 340 Å². The fraction of sp³-hybridized carbons (Fsp3) is 0.944. The molecule has 3 N–H and O–H groups in total. The lowest BCUT2D eigenvalue weighted by Crippen LogP contribution is -2.45. The van der Waals surface area contributed by atoms with E-state index in [1.54, 1.807) is 0 Å². The Morgan fingerprint density at radius 1 is 0.346 bits per heavy atom. The van der Waals surface area contributed by atoms with Crippen LogP contribution in [-0.2, 0) is 14.3 Å². The first-order valence-corrected chi connectivity index (χ1v) is 35.9. The Kier molecular flexibility index (Phi) is 66.9. The molecule has 0 aliphatic heterocycles. The molecule has 0 aromatic heterocycles. The molecule has 0 saturated heterocycles. The van der Waals surface area contributed by atoms with Gasteiger partial charge in [-0.15, -0.1) is 0 Å². The zero-order chi connectivity index (χ0) is 56.4. The molecule has 78 heavy (non-hydrogen) atoms. The van der Waals surface area contributed by atoms with Crippen molar-refractivity contribution in [2.75, 3.05) is 13.2 Å². The first-order chi connectivity index (χ1) is 38.5. The van der Waals surface area contributed by atoms with Crippen LogP contribution in [0.25, 0.3) is 0 Å². The Balaban J connectivity index is 3.31. The zero-order valence-corrected chi connectivity index (χ0v) is 53.2. The highest BCUT2D eigenvalue weighted by Gasteiger charge is 2.20. The maximum atomic E-state index is 12.5. The second-order valence-electron chi connectivity index (χ2n) is 24.9. The monoisotopic (exact) mass is 1100 g/mol. The standard InChI is InChI=1S/C72H141NO5/c1-3-5-7-9-11-13-15-41-45-48-52-56-60-64-70(75)69(68-74)73-71(76)65-61-57-53-49-46-42-39-37-35-33-31-29-27-25-23-21-19-17-16-18-20-22-24-26-28-30-32-34-36-38-40-43-47-51-55-59-63-67-78-72(77)66-62-58-54-50-44-14-12-10-8-6-4-2/h16,18,69-70,74-75H,3-15,17,19-68H2,1-2H3,(H,73,76)/b18-16-. The Morgan fingerprint density at radius 3 is 0.910 bits per heavy atom. The maximum Gasteiger partial charge on any atom is 0.305 e. The molecule has 0 heterocycles. The predicted octanol–water partition coefficient (Wildman–Crippen LogP) is 23.1. The number of amides is 1. The molecule has 464 valence electrons. The van der Waals surface area contributed by atoms with Crippen molar-refractivity contribution in [2.24, 2.45) is 0 Å². The summed E-state index contributed by atoms with van der Waals surface area (Å²) in [6.07, 6.45) is 84.3. The fourth-order valence-corrected chi connectivity index (χ4v) is 11.6. The third-order valence-electron chi connectivity index (χ3n) is 17.1. The van der Waals surface area contributed by atoms with Crippen LogP contribution in [0, 0.1) is 0 Å². The van der Waals surface area contributed by atoms with Gasteiger partial charge in [-0.25, -0.2) is 0 Å². The number of esters is 1. The minimum atomic E-state index is -0.660. The van der Waals surface area contributed by atoms with Crippen LogP contribution in [0.15, 0.2) is 12.2 Å². The number of nitrogens with one attached hydrogen (secondary N) is 1. The van der Waals surface area contributed by atoms with Crippen molar-refractivity contribution in [2.45, 2.75) is 424 Å². The third-order valence-corrected chi connectivity index (χ3v) is 17.1. The van der Waals surface area contributed by atoms with Crippen LogP contribution < -0.4 is 5.32 Å². The Morgan fingerprint density at radius 2 is 0.603 bits per heavy atom. The average Bonchev–Trinajstić information content (AvgIpc) is 3.44. The summed E-state index contributed by atoms with van der Waals surface area (Å²) in [6.45, 7) is 4.98. The topological polar surface area (TPSA) is 95.9 Å². The quantitative estimate of drug-likeness (QED) is 0.0320. The number of hydrogen-bond donors (Lipinski definition) is 3. The summed E-state index contributed by atoms with van der Waals surface area (Å²) in [5, 5.41) is 23.3. The number of carbonyl (C=O) groups is 2. The molecule has 0 aromatic rings. The van der Waals surface area contributed by atoms with Gasteiger partial charge in [-0.3, -0.25) is 9.59 Å². The molecule has 0 saturated carbocycles. The van der Waals surface area contributed by atoms with Crippen LogP contribution in [-0.4, -0.2) is 47.4 Å². The summed E-state index contributed by atoms with van der Waals surface area (Å²) >= 11 is 0. The summed E-state index contributed by atoms with van der Waals surface area (Å²) < 4.78 is 5.48. The number of aliphatic hydroxyl groups excluding tert-OH is 2. The van der Waals surface area contributed by atoms with Crippen molar-refractivity contribution in [3.05, 3.63) is 12.2 Å². The first-order valence-electron chi connectivity index (χ1n) is 35.9. The van der Waals surface area contributed by atoms with Gasteiger partial charge in [-0.2, -0.15) is 0 Å². The average molecular weight is 1100 g/mol. The van der Waals surface area contributed by atoms with Gasteiger partial charge in [0.15, 0.2) is 0 Å². The van der Waals surface area contributed by atoms with E-state index in [4.69, 9.17) is 4.74 Å². The van der Waals surface area contributed by atoms with Crippen LogP contribution in [0.4, 0.5) is 0 Å². The minimum absolute atomic E-state index is 0.0218. The SMILES string of the molecule is CCCCCCCCCCCCCCCC(O)C(CO)NC(=O)CCCCCCCCCCCCCCCCCCC/C=C\CCCCCCCCCCCCCCCCCCOC(=O)CCCCCCCCCCCCC. The molecule has 0 aromatic carbocycles. The van der Waals surface area contributed by atoms with E-state index in [2.05, 4.69) is 31.3 Å². The Hall–Kier alpha value is -1.40. The molecule has 1 amide bonds. The number of rotatable bonds is 68. The smallest absolute Gasteiger partial charge is 0.305 e. The summed E-state index contributed by atoms with van der Waals surface area (Å²) in [6, 6.07) is -0.537. The fourth-order valence-electron chi connectivity index (χ4n) is 11.6. The van der Waals surface area contributed by atoms with Gasteiger partial charge in [0, 0.05) is 12.8 Å². The van der Waals surface area contributed by atoms with E-state index in [0.29, 0.717) is 25.9 Å². The molecule has 2 unspecified atom stereocenters. The first kappa shape index (κ1) is 76.6. The van der Waals surface area contributed by atoms with E-state index < -0.39 is 12.1 Å². The van der Waals surface area contributed by atoms with Gasteiger partial charge in [-0.1, -0.05) is 360 Å². The van der Waals surface area contributed by atoms with Gasteiger partial charge in [0.25, 0.3) is 0 Å². The summed E-state index contributed by atoms with van der Waals surface area (Å²) in [5.74, 6) is -0.00659. The number of hydrogen-bond acceptors (Lipinski definition) is 5. The third kappa shape index (κ3) is 63.8. The van der Waals surface area contributed by atoms with Crippen LogP contribution in [0.2, 0.25) is 0 Å². The normalized spacial score (nSPS) is 12.5. The molecule has 0 bridgehead atoms. The van der Waals surface area contributed by atoms with Crippen molar-refractivity contribution < 1.29 is 24.5 Å². The molecule has 0 aliphatic rings. The number of ether oxygens (including phenoxy) is 1. The van der Waals surface area contributed by atoms with Crippen LogP contribution in [0.3, 0.4) is 0 Å². The lowest BCUT2D eigenvalue weighted by atomic mass is 10.0. The molecule has 0 spiro atoms. The van der Waals surface area contributed by atoms with Gasteiger partial charge in [0.2, 0.25) is 5.91 Å². The molecule has 6 heteroatoms. The van der Waals surface area contributed by atoms with E-state index >= 15 is 0 Å². The summed E-state index contributed by atoms with van der Waals surface area (Å²) in [4.78, 5) is 24.5. The lowest BCUT2D eigenvalue weighted by molar-refractivity contribution is -0.143. The molecule has 6 nitrogen and oxygen atoms in total. The van der Waals surface area contributed by atoms with Gasteiger partial charge in [-0.05, 0) is 51.4 Å². The molecule has 2 atom stereocenters. The second kappa shape index (κ2) is 68.1. The summed E-state index contributed by atoms with van der Waals surface area (Å²) in [7, 11) is 0. The highest BCUT2D eigenvalue weighted by atomic mass is 16.5. The van der Waals surface area contributed by atoms with Crippen molar-refractivity contribution in [3.8, 4) is 0 Å². The van der Waals surface area contributed by atoms with E-state index in [-0.39, 0.29) is 18.5 Å². The molecule has 0 radical (unpaired) electrons. The van der Waals surface area contributed by atoms with Crippen LogP contribution >= 0.6 is 0 Å². The number of allylic oxidation sites excluding steroid dienone is 2. The highest BCUT2D eigenvalue weighted by Crippen LogP contribution is 2.19. The van der Waals surface area contributed by atoms with Gasteiger partial charge in [0.1, 0.15) is 0 Å². The van der Waals surface area contributed by atoms with E-state index in [9.17, 15) is 19.8 Å². The molecular weight excluding hydrogens is 959 g/mol. The number of unbranched alkanes of at least 4 members (excludes halogenated alkanes) is 55. The largest absolute Gasteiger partial charge is 0.466 e. The van der Waals surface area contributed by atoms with Gasteiger partial charge >= 0.3 is 5.97 Å². The van der Waals surface area contributed by atoms with E-state index in [1.807, 2.05) is 0 Å². The molecule has 0 rings (SSSR count). The molecule has 0 fully saturated rings. The minimum Gasteiger partial charge on any atom is -0.466 e. The van der Waals surface area contributed by atoms with Crippen molar-refractivity contribution >= 4 is 11.9 Å². The van der Waals surface area contributed by atoms with Crippen molar-refractivity contribution in [1.82, 2.24) is 5.32 Å². The van der Waals surface area contributed by atoms with Crippen molar-refractivity contribution in [3.63, 3.8) is 0 Å². The molecule has 0 aliphatic carbocycles. The predicted molar refractivity (Wildman–Crippen MR) is 343 cm³/mol. The highest BCUT2D eigenvalue weighted by molar-refractivity contribution is 5.76. The number of aliphatic hydroxyl groups is 2. The lowest BCUT2D eigenvalue weighted by Gasteiger charge is -2.22. The van der Waals surface area contributed by atoms with Crippen LogP contribution in [0.1, 0.15) is 412 Å². The van der Waals surface area contributed by atoms with Crippen LogP contribution in [0.5, 0.6) is 0 Å². The van der Waals surface area contributed by atoms with Gasteiger partial charge in [0.05, 0.1) is 25.4 Å². The Bertz CT molecular complexity index is 1180. The van der Waals surface area contributed by atoms with Crippen molar-refractivity contribution in [1.29, 1.82) is 0 Å². The zero-order valence-electron chi connectivity index (χ0n) is 53.2.